The number of likely N-dealkylation sites (N-methyl/N-ethyl adjacent to an activating group) is 1. The van der Waals surface area contributed by atoms with Crippen molar-refractivity contribution in [2.45, 2.75) is 0 Å². The number of carboxylic acids is 1. The van der Waals surface area contributed by atoms with Gasteiger partial charge >= 0.3 is 5.97 Å². The van der Waals surface area contributed by atoms with Crippen LogP contribution in [-0.2, 0) is 0 Å². The van der Waals surface area contributed by atoms with Gasteiger partial charge in [0.15, 0.2) is 5.58 Å². The molecule has 0 aliphatic heterocycles. The lowest BCUT2D eigenvalue weighted by Crippen LogP contribution is -2.20. The normalized spacial score (nSPS) is 11.1. The molecule has 2 N–H and O–H groups in total. The predicted octanol–water partition coefficient (Wildman–Crippen LogP) is 1.50. The number of carboxylic acid groups (broad SMARTS) is 1. The predicted molar refractivity (Wildman–Crippen MR) is 68.0 cm³/mol. The van der Waals surface area contributed by atoms with Crippen LogP contribution in [0.3, 0.4) is 0 Å². The minimum absolute atomic E-state index is 0.193. The van der Waals surface area contributed by atoms with Crippen molar-refractivity contribution in [3.05, 3.63) is 23.8 Å². The van der Waals surface area contributed by atoms with Crippen LogP contribution in [0.5, 0.6) is 0 Å². The minimum atomic E-state index is -0.976. The van der Waals surface area contributed by atoms with E-state index in [1.165, 1.54) is 12.1 Å². The number of hydrogen-bond donors (Lipinski definition) is 2. The van der Waals surface area contributed by atoms with E-state index in [4.69, 9.17) is 9.52 Å². The monoisotopic (exact) mass is 249 g/mol. The van der Waals surface area contributed by atoms with Crippen LogP contribution in [0.25, 0.3) is 11.1 Å². The summed E-state index contributed by atoms with van der Waals surface area (Å²) in [7, 11) is 3.96. The fraction of sp³-hybridized carbons (Fsp3) is 0.333. The van der Waals surface area contributed by atoms with Crippen molar-refractivity contribution >= 4 is 23.1 Å². The fourth-order valence-electron chi connectivity index (χ4n) is 1.52. The zero-order chi connectivity index (χ0) is 13.1. The van der Waals surface area contributed by atoms with E-state index in [-0.39, 0.29) is 5.56 Å². The molecule has 0 fully saturated rings. The SMILES string of the molecule is CN(C)CCNc1nc2ccc(C(=O)O)cc2o1. The molecule has 0 amide bonds. The number of carbonyl (C=O) groups is 1. The first-order valence-corrected chi connectivity index (χ1v) is 5.59. The molecule has 0 bridgehead atoms. The number of benzene rings is 1. The summed E-state index contributed by atoms with van der Waals surface area (Å²) in [6, 6.07) is 5.03. The Kier molecular flexibility index (Phi) is 3.47. The standard InChI is InChI=1S/C12H15N3O3/c1-15(2)6-5-13-12-14-9-4-3-8(11(16)17)7-10(9)18-12/h3-4,7H,5-6H2,1-2H3,(H,13,14)(H,16,17). The average molecular weight is 249 g/mol. The maximum Gasteiger partial charge on any atom is 0.335 e. The molecule has 96 valence electrons. The molecule has 6 nitrogen and oxygen atoms in total. The van der Waals surface area contributed by atoms with Gasteiger partial charge in [0, 0.05) is 13.1 Å². The molecule has 0 spiro atoms. The molecule has 18 heavy (non-hydrogen) atoms. The Balaban J connectivity index is 2.14. The van der Waals surface area contributed by atoms with Gasteiger partial charge in [-0.1, -0.05) is 0 Å². The Morgan fingerprint density at radius 1 is 1.50 bits per heavy atom. The molecule has 0 atom stereocenters. The Morgan fingerprint density at radius 3 is 2.94 bits per heavy atom. The smallest absolute Gasteiger partial charge is 0.335 e. The zero-order valence-corrected chi connectivity index (χ0v) is 10.3. The van der Waals surface area contributed by atoms with Crippen LogP contribution in [0.15, 0.2) is 22.6 Å². The van der Waals surface area contributed by atoms with Crippen LogP contribution in [-0.4, -0.2) is 48.1 Å². The van der Waals surface area contributed by atoms with Gasteiger partial charge in [-0.05, 0) is 32.3 Å². The maximum absolute atomic E-state index is 10.8. The molecule has 0 unspecified atom stereocenters. The number of rotatable bonds is 5. The van der Waals surface area contributed by atoms with Gasteiger partial charge in [-0.25, -0.2) is 4.79 Å². The van der Waals surface area contributed by atoms with Crippen LogP contribution in [0.2, 0.25) is 0 Å². The summed E-state index contributed by atoms with van der Waals surface area (Å²) in [5.41, 5.74) is 1.31. The van der Waals surface area contributed by atoms with Gasteiger partial charge < -0.3 is 19.7 Å². The van der Waals surface area contributed by atoms with Gasteiger partial charge in [-0.2, -0.15) is 4.98 Å². The maximum atomic E-state index is 10.8. The van der Waals surface area contributed by atoms with E-state index in [1.807, 2.05) is 19.0 Å². The second-order valence-electron chi connectivity index (χ2n) is 4.24. The number of fused-ring (bicyclic) bond motifs is 1. The minimum Gasteiger partial charge on any atom is -0.478 e. The number of anilines is 1. The summed E-state index contributed by atoms with van der Waals surface area (Å²) < 4.78 is 5.44. The van der Waals surface area contributed by atoms with E-state index >= 15 is 0 Å². The molecule has 0 radical (unpaired) electrons. The van der Waals surface area contributed by atoms with Crippen LogP contribution in [0.4, 0.5) is 6.01 Å². The number of aromatic carboxylic acids is 1. The third-order valence-electron chi connectivity index (χ3n) is 2.47. The summed E-state index contributed by atoms with van der Waals surface area (Å²) >= 11 is 0. The quantitative estimate of drug-likeness (QED) is 0.836. The average Bonchev–Trinajstić information content (AvgIpc) is 2.69. The van der Waals surface area contributed by atoms with Gasteiger partial charge in [0.1, 0.15) is 5.52 Å². The molecule has 0 aliphatic rings. The Labute approximate surface area is 104 Å². The second-order valence-corrected chi connectivity index (χ2v) is 4.24. The number of hydrogen-bond acceptors (Lipinski definition) is 5. The van der Waals surface area contributed by atoms with Gasteiger partial charge in [-0.15, -0.1) is 0 Å². The Bertz CT molecular complexity index is 563. The van der Waals surface area contributed by atoms with E-state index in [0.717, 1.165) is 6.54 Å². The molecule has 0 saturated carbocycles. The van der Waals surface area contributed by atoms with Crippen molar-refractivity contribution in [1.82, 2.24) is 9.88 Å². The Hall–Kier alpha value is -2.08. The number of aromatic nitrogens is 1. The lowest BCUT2D eigenvalue weighted by molar-refractivity contribution is 0.0697. The molecule has 0 saturated heterocycles. The van der Waals surface area contributed by atoms with E-state index in [0.29, 0.717) is 23.7 Å². The number of nitrogens with zero attached hydrogens (tertiary/aromatic N) is 2. The van der Waals surface area contributed by atoms with E-state index in [9.17, 15) is 4.79 Å². The molecule has 1 aromatic carbocycles. The zero-order valence-electron chi connectivity index (χ0n) is 10.3. The first-order valence-electron chi connectivity index (χ1n) is 5.59. The molecule has 1 aromatic heterocycles. The largest absolute Gasteiger partial charge is 0.478 e. The molecule has 0 aliphatic carbocycles. The van der Waals surface area contributed by atoms with E-state index in [1.54, 1.807) is 6.07 Å². The van der Waals surface area contributed by atoms with Crippen LogP contribution in [0, 0.1) is 0 Å². The molecular formula is C12H15N3O3. The highest BCUT2D eigenvalue weighted by Gasteiger charge is 2.09. The highest BCUT2D eigenvalue weighted by Crippen LogP contribution is 2.20. The Morgan fingerprint density at radius 2 is 2.28 bits per heavy atom. The second kappa shape index (κ2) is 5.05. The highest BCUT2D eigenvalue weighted by atomic mass is 16.4. The van der Waals surface area contributed by atoms with Crippen molar-refractivity contribution in [3.63, 3.8) is 0 Å². The third-order valence-corrected chi connectivity index (χ3v) is 2.47. The summed E-state index contributed by atoms with van der Waals surface area (Å²) in [5.74, 6) is -0.976. The lowest BCUT2D eigenvalue weighted by atomic mass is 10.2. The van der Waals surface area contributed by atoms with Crippen molar-refractivity contribution in [3.8, 4) is 0 Å². The van der Waals surface area contributed by atoms with Gasteiger partial charge in [0.25, 0.3) is 6.01 Å². The summed E-state index contributed by atoms with van der Waals surface area (Å²) in [5, 5.41) is 11.9. The van der Waals surface area contributed by atoms with Crippen LogP contribution < -0.4 is 5.32 Å². The lowest BCUT2D eigenvalue weighted by Gasteiger charge is -2.08. The van der Waals surface area contributed by atoms with Crippen LogP contribution in [0.1, 0.15) is 10.4 Å². The topological polar surface area (TPSA) is 78.6 Å². The first kappa shape index (κ1) is 12.4. The summed E-state index contributed by atoms with van der Waals surface area (Å²) in [4.78, 5) is 17.1. The number of nitrogens with one attached hydrogen (secondary N) is 1. The first-order chi connectivity index (χ1) is 8.56. The van der Waals surface area contributed by atoms with E-state index < -0.39 is 5.97 Å². The molecule has 1 heterocycles. The van der Waals surface area contributed by atoms with Crippen molar-refractivity contribution in [2.75, 3.05) is 32.5 Å². The van der Waals surface area contributed by atoms with Crippen molar-refractivity contribution in [2.24, 2.45) is 0 Å². The van der Waals surface area contributed by atoms with Crippen LogP contribution >= 0.6 is 0 Å². The van der Waals surface area contributed by atoms with Crippen molar-refractivity contribution < 1.29 is 14.3 Å². The highest BCUT2D eigenvalue weighted by molar-refractivity contribution is 5.92. The molecular weight excluding hydrogens is 234 g/mol. The number of oxazole rings is 1. The van der Waals surface area contributed by atoms with E-state index in [2.05, 4.69) is 10.3 Å². The van der Waals surface area contributed by atoms with Gasteiger partial charge in [0.05, 0.1) is 5.56 Å². The molecule has 6 heteroatoms. The summed E-state index contributed by atoms with van der Waals surface area (Å²) in [6.45, 7) is 1.57. The fourth-order valence-corrected chi connectivity index (χ4v) is 1.52. The molecule has 2 aromatic rings. The third kappa shape index (κ3) is 2.78. The molecule has 2 rings (SSSR count). The van der Waals surface area contributed by atoms with Gasteiger partial charge in [-0.3, -0.25) is 0 Å². The summed E-state index contributed by atoms with van der Waals surface area (Å²) in [6.07, 6.45) is 0. The van der Waals surface area contributed by atoms with Crippen molar-refractivity contribution in [1.29, 1.82) is 0 Å². The van der Waals surface area contributed by atoms with Gasteiger partial charge in [0.2, 0.25) is 0 Å².